The molecule has 3 heteroatoms. The summed E-state index contributed by atoms with van der Waals surface area (Å²) < 4.78 is 8.31. The van der Waals surface area contributed by atoms with Crippen molar-refractivity contribution in [1.29, 1.82) is 0 Å². The molecule has 0 amide bonds. The monoisotopic (exact) mass is 240 g/mol. The van der Waals surface area contributed by atoms with Gasteiger partial charge in [-0.15, -0.1) is 0 Å². The van der Waals surface area contributed by atoms with Crippen LogP contribution in [0.15, 0.2) is 48.7 Å². The Hall–Kier alpha value is -1.58. The van der Waals surface area contributed by atoms with E-state index in [1.807, 2.05) is 0 Å². The molecule has 0 saturated carbocycles. The molecule has 0 radical (unpaired) electrons. The number of hydrogen-bond donors (Lipinski definition) is 0. The summed E-state index contributed by atoms with van der Waals surface area (Å²) in [6.45, 7) is 2.91. The third kappa shape index (κ3) is 1.44. The molecule has 1 aromatic carbocycles. The van der Waals surface area contributed by atoms with E-state index < -0.39 is 0 Å². The quantitative estimate of drug-likeness (QED) is 0.762. The Balaban J connectivity index is 1.69. The maximum absolute atomic E-state index is 6.01. The second-order valence-corrected chi connectivity index (χ2v) is 4.98. The first kappa shape index (κ1) is 10.4. The molecule has 2 atom stereocenters. The Bertz CT molecular complexity index is 549. The van der Waals surface area contributed by atoms with E-state index in [2.05, 4.69) is 58.1 Å². The van der Waals surface area contributed by atoms with Gasteiger partial charge in [-0.25, -0.2) is 0 Å². The summed E-state index contributed by atoms with van der Waals surface area (Å²) in [6.07, 6.45) is 2.28. The van der Waals surface area contributed by atoms with E-state index in [9.17, 15) is 0 Å². The van der Waals surface area contributed by atoms with E-state index in [0.717, 1.165) is 19.7 Å². The van der Waals surface area contributed by atoms with Crippen LogP contribution in [0.4, 0.5) is 0 Å². The summed E-state index contributed by atoms with van der Waals surface area (Å²) in [7, 11) is 0. The second-order valence-electron chi connectivity index (χ2n) is 4.98. The molecule has 1 fully saturated rings. The second kappa shape index (κ2) is 3.97. The van der Waals surface area contributed by atoms with Gasteiger partial charge in [-0.05, 0) is 17.7 Å². The van der Waals surface area contributed by atoms with Crippen LogP contribution in [0.5, 0.6) is 0 Å². The van der Waals surface area contributed by atoms with Crippen molar-refractivity contribution in [3.05, 3.63) is 59.9 Å². The van der Waals surface area contributed by atoms with Crippen LogP contribution >= 0.6 is 0 Å². The average Bonchev–Trinajstić information content (AvgIpc) is 3.05. The lowest BCUT2D eigenvalue weighted by Crippen LogP contribution is -2.35. The van der Waals surface area contributed by atoms with Gasteiger partial charge < -0.3 is 9.30 Å². The van der Waals surface area contributed by atoms with Crippen molar-refractivity contribution in [3.8, 4) is 0 Å². The van der Waals surface area contributed by atoms with Gasteiger partial charge in [0.2, 0.25) is 0 Å². The third-order valence-corrected chi connectivity index (χ3v) is 4.01. The minimum Gasteiger partial charge on any atom is -0.355 e. The summed E-state index contributed by atoms with van der Waals surface area (Å²) in [4.78, 5) is 2.48. The Kier molecular flexibility index (Phi) is 2.28. The average molecular weight is 240 g/mol. The lowest BCUT2D eigenvalue weighted by atomic mass is 10.1. The summed E-state index contributed by atoms with van der Waals surface area (Å²) in [5.74, 6) is 0. The lowest BCUT2D eigenvalue weighted by Gasteiger charge is -2.33. The standard InChI is InChI=1S/C15H16N2O/c1-2-5-12(6-3-1)14-11-18-15-13-7-4-8-16(13)9-10-17(14)15/h1-8,14-15H,9-11H2/t14-,15-/m1/s1. The first-order chi connectivity index (χ1) is 8.93. The van der Waals surface area contributed by atoms with Gasteiger partial charge in [0.15, 0.2) is 6.23 Å². The molecule has 4 rings (SSSR count). The summed E-state index contributed by atoms with van der Waals surface area (Å²) in [5.41, 5.74) is 2.65. The molecule has 0 unspecified atom stereocenters. The Morgan fingerprint density at radius 2 is 1.89 bits per heavy atom. The number of nitrogens with zero attached hydrogens (tertiary/aromatic N) is 2. The molecule has 92 valence electrons. The molecule has 0 spiro atoms. The van der Waals surface area contributed by atoms with Gasteiger partial charge in [0.05, 0.1) is 18.3 Å². The van der Waals surface area contributed by atoms with Gasteiger partial charge in [-0.2, -0.15) is 0 Å². The zero-order chi connectivity index (χ0) is 11.9. The molecule has 2 aliphatic heterocycles. The van der Waals surface area contributed by atoms with Crippen molar-refractivity contribution in [2.75, 3.05) is 13.2 Å². The van der Waals surface area contributed by atoms with E-state index in [1.54, 1.807) is 0 Å². The maximum atomic E-state index is 6.01. The normalized spacial score (nSPS) is 26.9. The summed E-state index contributed by atoms with van der Waals surface area (Å²) in [6, 6.07) is 15.4. The number of hydrogen-bond acceptors (Lipinski definition) is 2. The number of aromatic nitrogens is 1. The highest BCUT2D eigenvalue weighted by Gasteiger charge is 2.39. The van der Waals surface area contributed by atoms with E-state index in [-0.39, 0.29) is 6.23 Å². The Morgan fingerprint density at radius 1 is 1.00 bits per heavy atom. The number of fused-ring (bicyclic) bond motifs is 3. The summed E-state index contributed by atoms with van der Waals surface area (Å²) in [5, 5.41) is 0. The van der Waals surface area contributed by atoms with Gasteiger partial charge in [-0.1, -0.05) is 30.3 Å². The molecule has 3 heterocycles. The predicted octanol–water partition coefficient (Wildman–Crippen LogP) is 2.57. The highest BCUT2D eigenvalue weighted by atomic mass is 16.5. The molecular formula is C15H16N2O. The zero-order valence-corrected chi connectivity index (χ0v) is 10.2. The number of benzene rings is 1. The fraction of sp³-hybridized carbons (Fsp3) is 0.333. The van der Waals surface area contributed by atoms with E-state index >= 15 is 0 Å². The highest BCUT2D eigenvalue weighted by molar-refractivity contribution is 5.22. The molecule has 1 saturated heterocycles. The number of rotatable bonds is 1. The zero-order valence-electron chi connectivity index (χ0n) is 10.2. The van der Waals surface area contributed by atoms with Crippen LogP contribution in [0.2, 0.25) is 0 Å². The van der Waals surface area contributed by atoms with E-state index in [1.165, 1.54) is 11.3 Å². The summed E-state index contributed by atoms with van der Waals surface area (Å²) >= 11 is 0. The van der Waals surface area contributed by atoms with Gasteiger partial charge in [0.1, 0.15) is 0 Å². The van der Waals surface area contributed by atoms with Crippen molar-refractivity contribution >= 4 is 0 Å². The molecule has 3 nitrogen and oxygen atoms in total. The first-order valence-corrected chi connectivity index (χ1v) is 6.51. The van der Waals surface area contributed by atoms with Gasteiger partial charge in [-0.3, -0.25) is 4.90 Å². The van der Waals surface area contributed by atoms with Crippen LogP contribution in [-0.2, 0) is 11.3 Å². The molecule has 18 heavy (non-hydrogen) atoms. The van der Waals surface area contributed by atoms with Crippen LogP contribution < -0.4 is 0 Å². The SMILES string of the molecule is c1ccc([C@H]2CO[C@@H]3c4cccn4CCN23)cc1. The third-order valence-electron chi connectivity index (χ3n) is 4.01. The number of ether oxygens (including phenoxy) is 1. The Labute approximate surface area is 107 Å². The van der Waals surface area contributed by atoms with Crippen molar-refractivity contribution in [2.24, 2.45) is 0 Å². The first-order valence-electron chi connectivity index (χ1n) is 6.51. The lowest BCUT2D eigenvalue weighted by molar-refractivity contribution is 0.00734. The molecule has 0 aliphatic carbocycles. The maximum Gasteiger partial charge on any atom is 0.152 e. The molecule has 0 bridgehead atoms. The molecular weight excluding hydrogens is 224 g/mol. The van der Waals surface area contributed by atoms with Gasteiger partial charge >= 0.3 is 0 Å². The van der Waals surface area contributed by atoms with Crippen LogP contribution in [0.3, 0.4) is 0 Å². The fourth-order valence-electron chi connectivity index (χ4n) is 3.11. The molecule has 0 N–H and O–H groups in total. The minimum atomic E-state index is 0.138. The van der Waals surface area contributed by atoms with E-state index in [0.29, 0.717) is 6.04 Å². The van der Waals surface area contributed by atoms with Crippen LogP contribution in [0.25, 0.3) is 0 Å². The van der Waals surface area contributed by atoms with Crippen molar-refractivity contribution in [1.82, 2.24) is 9.47 Å². The van der Waals surface area contributed by atoms with Crippen molar-refractivity contribution in [3.63, 3.8) is 0 Å². The Morgan fingerprint density at radius 3 is 2.78 bits per heavy atom. The minimum absolute atomic E-state index is 0.138. The highest BCUT2D eigenvalue weighted by Crippen LogP contribution is 2.40. The molecule has 2 aromatic rings. The molecule has 2 aliphatic rings. The van der Waals surface area contributed by atoms with Gasteiger partial charge in [0, 0.05) is 19.3 Å². The topological polar surface area (TPSA) is 17.4 Å². The van der Waals surface area contributed by atoms with Crippen LogP contribution in [-0.4, -0.2) is 22.6 Å². The smallest absolute Gasteiger partial charge is 0.152 e. The van der Waals surface area contributed by atoms with Crippen molar-refractivity contribution < 1.29 is 4.74 Å². The van der Waals surface area contributed by atoms with E-state index in [4.69, 9.17) is 4.74 Å². The predicted molar refractivity (Wildman–Crippen MR) is 69.0 cm³/mol. The fourth-order valence-corrected chi connectivity index (χ4v) is 3.11. The van der Waals surface area contributed by atoms with Crippen molar-refractivity contribution in [2.45, 2.75) is 18.8 Å². The van der Waals surface area contributed by atoms with Gasteiger partial charge in [0.25, 0.3) is 0 Å². The van der Waals surface area contributed by atoms with Crippen LogP contribution in [0, 0.1) is 0 Å². The molecule has 1 aromatic heterocycles. The van der Waals surface area contributed by atoms with Crippen LogP contribution in [0.1, 0.15) is 23.5 Å². The largest absolute Gasteiger partial charge is 0.355 e.